The number of piperidine rings is 2. The molecule has 0 bridgehead atoms. The van der Waals surface area contributed by atoms with E-state index >= 15 is 0 Å². The largest absolute Gasteiger partial charge is 0.369 e. The highest BCUT2D eigenvalue weighted by atomic mass is 19.1. The lowest BCUT2D eigenvalue weighted by Gasteiger charge is -2.30. The number of benzene rings is 1. The van der Waals surface area contributed by atoms with Gasteiger partial charge in [0.2, 0.25) is 0 Å². The number of anilines is 1. The van der Waals surface area contributed by atoms with Gasteiger partial charge in [-0.05, 0) is 62.3 Å². The topological polar surface area (TPSA) is 15.3 Å². The van der Waals surface area contributed by atoms with Crippen LogP contribution in [-0.4, -0.2) is 26.2 Å². The second-order valence-electron chi connectivity index (χ2n) is 5.80. The van der Waals surface area contributed by atoms with Gasteiger partial charge in [-0.15, -0.1) is 0 Å². The van der Waals surface area contributed by atoms with Crippen molar-refractivity contribution in [2.45, 2.75) is 38.0 Å². The summed E-state index contributed by atoms with van der Waals surface area (Å²) in [5, 5.41) is 3.40. The van der Waals surface area contributed by atoms with Gasteiger partial charge in [0.1, 0.15) is 5.82 Å². The zero-order chi connectivity index (χ0) is 13.1. The van der Waals surface area contributed by atoms with Gasteiger partial charge in [-0.2, -0.15) is 0 Å². The Morgan fingerprint density at radius 1 is 1.11 bits per heavy atom. The molecule has 0 spiro atoms. The summed E-state index contributed by atoms with van der Waals surface area (Å²) in [5.41, 5.74) is 1.96. The van der Waals surface area contributed by atoms with Gasteiger partial charge in [-0.3, -0.25) is 0 Å². The number of hydrogen-bond donors (Lipinski definition) is 1. The molecule has 2 fully saturated rings. The Balaban J connectivity index is 1.76. The van der Waals surface area contributed by atoms with Crippen molar-refractivity contribution in [3.63, 3.8) is 0 Å². The molecule has 1 aromatic carbocycles. The minimum atomic E-state index is -0.0371. The van der Waals surface area contributed by atoms with Crippen molar-refractivity contribution >= 4 is 5.69 Å². The first-order chi connectivity index (χ1) is 9.34. The summed E-state index contributed by atoms with van der Waals surface area (Å²) in [5.74, 6) is 0.448. The van der Waals surface area contributed by atoms with E-state index in [9.17, 15) is 4.39 Å². The maximum Gasteiger partial charge on any atom is 0.146 e. The van der Waals surface area contributed by atoms with Gasteiger partial charge >= 0.3 is 0 Å². The van der Waals surface area contributed by atoms with E-state index < -0.39 is 0 Å². The molecule has 3 heteroatoms. The van der Waals surface area contributed by atoms with E-state index in [0.29, 0.717) is 5.92 Å². The molecule has 1 N–H and O–H groups in total. The quantitative estimate of drug-likeness (QED) is 0.880. The van der Waals surface area contributed by atoms with Crippen molar-refractivity contribution in [2.75, 3.05) is 31.1 Å². The van der Waals surface area contributed by atoms with Crippen LogP contribution in [0.3, 0.4) is 0 Å². The van der Waals surface area contributed by atoms with Gasteiger partial charge < -0.3 is 10.2 Å². The van der Waals surface area contributed by atoms with Crippen molar-refractivity contribution in [2.24, 2.45) is 0 Å². The molecule has 0 amide bonds. The molecule has 19 heavy (non-hydrogen) atoms. The second kappa shape index (κ2) is 5.91. The predicted molar refractivity (Wildman–Crippen MR) is 77.3 cm³/mol. The third-order valence-corrected chi connectivity index (χ3v) is 4.44. The molecular weight excluding hydrogens is 239 g/mol. The Hall–Kier alpha value is -1.09. The molecule has 2 aliphatic rings. The molecule has 0 saturated carbocycles. The number of nitrogens with zero attached hydrogens (tertiary/aromatic N) is 1. The van der Waals surface area contributed by atoms with E-state index in [0.717, 1.165) is 37.4 Å². The molecule has 1 aromatic rings. The number of halogens is 1. The van der Waals surface area contributed by atoms with Crippen molar-refractivity contribution in [3.8, 4) is 0 Å². The molecule has 1 unspecified atom stereocenters. The number of nitrogens with one attached hydrogen (secondary N) is 1. The van der Waals surface area contributed by atoms with Crippen LogP contribution in [0.15, 0.2) is 18.2 Å². The highest BCUT2D eigenvalue weighted by Gasteiger charge is 2.19. The van der Waals surface area contributed by atoms with Crippen LogP contribution in [0, 0.1) is 5.82 Å². The fourth-order valence-corrected chi connectivity index (χ4v) is 3.30. The summed E-state index contributed by atoms with van der Waals surface area (Å²) in [6.45, 7) is 4.09. The lowest BCUT2D eigenvalue weighted by Crippen LogP contribution is -2.30. The van der Waals surface area contributed by atoms with E-state index in [1.807, 2.05) is 6.07 Å². The minimum Gasteiger partial charge on any atom is -0.369 e. The van der Waals surface area contributed by atoms with Gasteiger partial charge in [-0.25, -0.2) is 4.39 Å². The van der Waals surface area contributed by atoms with Crippen LogP contribution in [0.5, 0.6) is 0 Å². The minimum absolute atomic E-state index is 0.0371. The van der Waals surface area contributed by atoms with Crippen LogP contribution in [0.4, 0.5) is 10.1 Å². The van der Waals surface area contributed by atoms with Crippen LogP contribution >= 0.6 is 0 Å². The summed E-state index contributed by atoms with van der Waals surface area (Å²) < 4.78 is 14.3. The van der Waals surface area contributed by atoms with Gasteiger partial charge in [-0.1, -0.05) is 6.07 Å². The smallest absolute Gasteiger partial charge is 0.146 e. The first kappa shape index (κ1) is 12.9. The van der Waals surface area contributed by atoms with Crippen LogP contribution in [0.2, 0.25) is 0 Å². The van der Waals surface area contributed by atoms with Crippen molar-refractivity contribution in [1.29, 1.82) is 0 Å². The molecule has 0 radical (unpaired) electrons. The SMILES string of the molecule is Fc1cc(C2CCCNC2)ccc1N1CCCCC1. The number of hydrogen-bond acceptors (Lipinski definition) is 2. The van der Waals surface area contributed by atoms with E-state index in [-0.39, 0.29) is 5.82 Å². The summed E-state index contributed by atoms with van der Waals surface area (Å²) in [4.78, 5) is 2.20. The molecule has 2 aliphatic heterocycles. The first-order valence-corrected chi connectivity index (χ1v) is 7.60. The standard InChI is InChI=1S/C16H23FN2/c17-15-11-13(14-5-4-8-18-12-14)6-7-16(15)19-9-2-1-3-10-19/h6-7,11,14,18H,1-5,8-10,12H2. The Labute approximate surface area is 115 Å². The fourth-order valence-electron chi connectivity index (χ4n) is 3.30. The Morgan fingerprint density at radius 2 is 1.95 bits per heavy atom. The van der Waals surface area contributed by atoms with E-state index in [4.69, 9.17) is 0 Å². The average Bonchev–Trinajstić information content (AvgIpc) is 2.49. The molecule has 104 valence electrons. The third kappa shape index (κ3) is 2.92. The summed E-state index contributed by atoms with van der Waals surface area (Å²) >= 11 is 0. The molecule has 2 saturated heterocycles. The van der Waals surface area contributed by atoms with Gasteiger partial charge in [0, 0.05) is 19.6 Å². The molecule has 3 rings (SSSR count). The predicted octanol–water partition coefficient (Wildman–Crippen LogP) is 3.28. The van der Waals surface area contributed by atoms with Crippen LogP contribution < -0.4 is 10.2 Å². The average molecular weight is 262 g/mol. The highest BCUT2D eigenvalue weighted by Crippen LogP contribution is 2.29. The third-order valence-electron chi connectivity index (χ3n) is 4.44. The van der Waals surface area contributed by atoms with Gasteiger partial charge in [0.25, 0.3) is 0 Å². The van der Waals surface area contributed by atoms with Crippen LogP contribution in [-0.2, 0) is 0 Å². The van der Waals surface area contributed by atoms with Gasteiger partial charge in [0.15, 0.2) is 0 Å². The van der Waals surface area contributed by atoms with Gasteiger partial charge in [0.05, 0.1) is 5.69 Å². The van der Waals surface area contributed by atoms with Crippen LogP contribution in [0.1, 0.15) is 43.6 Å². The monoisotopic (exact) mass is 262 g/mol. The first-order valence-electron chi connectivity index (χ1n) is 7.60. The van der Waals surface area contributed by atoms with Crippen molar-refractivity contribution in [3.05, 3.63) is 29.6 Å². The normalized spacial score (nSPS) is 24.5. The molecule has 0 aliphatic carbocycles. The lowest BCUT2D eigenvalue weighted by atomic mass is 9.91. The highest BCUT2D eigenvalue weighted by molar-refractivity contribution is 5.50. The van der Waals surface area contributed by atoms with E-state index in [1.54, 1.807) is 6.07 Å². The molecule has 1 atom stereocenters. The zero-order valence-corrected chi connectivity index (χ0v) is 11.5. The summed E-state index contributed by atoms with van der Waals surface area (Å²) in [6, 6.07) is 5.89. The maximum atomic E-state index is 14.3. The molecular formula is C16H23FN2. The van der Waals surface area contributed by atoms with E-state index in [1.165, 1.54) is 32.1 Å². The Kier molecular flexibility index (Phi) is 4.02. The molecule has 2 heterocycles. The zero-order valence-electron chi connectivity index (χ0n) is 11.5. The molecule has 2 nitrogen and oxygen atoms in total. The summed E-state index contributed by atoms with van der Waals surface area (Å²) in [7, 11) is 0. The summed E-state index contributed by atoms with van der Waals surface area (Å²) in [6.07, 6.45) is 6.03. The second-order valence-corrected chi connectivity index (χ2v) is 5.80. The van der Waals surface area contributed by atoms with Crippen molar-refractivity contribution in [1.82, 2.24) is 5.32 Å². The fraction of sp³-hybridized carbons (Fsp3) is 0.625. The molecule has 0 aromatic heterocycles. The Morgan fingerprint density at radius 3 is 2.63 bits per heavy atom. The lowest BCUT2D eigenvalue weighted by molar-refractivity contribution is 0.459. The Bertz CT molecular complexity index is 421. The van der Waals surface area contributed by atoms with Crippen LogP contribution in [0.25, 0.3) is 0 Å². The van der Waals surface area contributed by atoms with E-state index in [2.05, 4.69) is 16.3 Å². The maximum absolute atomic E-state index is 14.3. The number of rotatable bonds is 2. The van der Waals surface area contributed by atoms with Crippen molar-refractivity contribution < 1.29 is 4.39 Å².